The van der Waals surface area contributed by atoms with Gasteiger partial charge in [-0.2, -0.15) is 0 Å². The van der Waals surface area contributed by atoms with Crippen molar-refractivity contribution in [2.24, 2.45) is 0 Å². The number of hydrogen-bond donors (Lipinski definition) is 0. The first-order valence-electron chi connectivity index (χ1n) is 14.5. The minimum atomic E-state index is 0.906. The predicted molar refractivity (Wildman–Crippen MR) is 184 cm³/mol. The van der Waals surface area contributed by atoms with Crippen LogP contribution in [-0.2, 0) is 0 Å². The van der Waals surface area contributed by atoms with Gasteiger partial charge in [-0.05, 0) is 35.7 Å². The van der Waals surface area contributed by atoms with Crippen LogP contribution in [0, 0.1) is 0 Å². The summed E-state index contributed by atoms with van der Waals surface area (Å²) in [7, 11) is 0. The van der Waals surface area contributed by atoms with E-state index in [4.69, 9.17) is 4.42 Å². The molecule has 9 aromatic rings. The molecule has 0 N–H and O–H groups in total. The Morgan fingerprint density at radius 3 is 1.98 bits per heavy atom. The molecule has 2 nitrogen and oxygen atoms in total. The minimum Gasteiger partial charge on any atom is -0.455 e. The van der Waals surface area contributed by atoms with E-state index in [1.54, 1.807) is 0 Å². The van der Waals surface area contributed by atoms with Gasteiger partial charge in [0.2, 0.25) is 0 Å². The summed E-state index contributed by atoms with van der Waals surface area (Å²) >= 11 is 1.86. The lowest BCUT2D eigenvalue weighted by atomic mass is 9.98. The zero-order valence-corrected chi connectivity index (χ0v) is 24.0. The highest BCUT2D eigenvalue weighted by atomic mass is 32.1. The van der Waals surface area contributed by atoms with Crippen LogP contribution in [0.25, 0.3) is 64.0 Å². The zero-order valence-electron chi connectivity index (χ0n) is 23.2. The molecule has 202 valence electrons. The quantitative estimate of drug-likeness (QED) is 0.210. The van der Waals surface area contributed by atoms with E-state index in [9.17, 15) is 0 Å². The highest BCUT2D eigenvalue weighted by Gasteiger charge is 2.23. The summed E-state index contributed by atoms with van der Waals surface area (Å²) in [5, 5.41) is 7.26. The first-order chi connectivity index (χ1) is 21.3. The normalized spacial score (nSPS) is 11.7. The number of furan rings is 1. The maximum absolute atomic E-state index is 6.55. The Bertz CT molecular complexity index is 2480. The van der Waals surface area contributed by atoms with Gasteiger partial charge in [-0.15, -0.1) is 11.3 Å². The summed E-state index contributed by atoms with van der Waals surface area (Å²) in [6.45, 7) is 0. The van der Waals surface area contributed by atoms with Crippen LogP contribution in [0.1, 0.15) is 0 Å². The SMILES string of the molecule is c1ccc(N(c2cccc3ccccc23)c2cccc3c2sc2ccccc23)c(-c2cccc3c2oc2ccccc23)c1. The number of anilines is 3. The molecule has 0 fully saturated rings. The molecule has 0 spiro atoms. The number of hydrogen-bond acceptors (Lipinski definition) is 3. The Balaban J connectivity index is 1.38. The number of fused-ring (bicyclic) bond motifs is 7. The number of rotatable bonds is 4. The summed E-state index contributed by atoms with van der Waals surface area (Å²) in [5.74, 6) is 0. The van der Waals surface area contributed by atoms with Gasteiger partial charge in [0, 0.05) is 42.8 Å². The van der Waals surface area contributed by atoms with Gasteiger partial charge >= 0.3 is 0 Å². The highest BCUT2D eigenvalue weighted by molar-refractivity contribution is 7.26. The third-order valence-electron chi connectivity index (χ3n) is 8.47. The van der Waals surface area contributed by atoms with E-state index in [2.05, 4.69) is 150 Å². The molecule has 2 aromatic heterocycles. The first-order valence-corrected chi connectivity index (χ1v) is 15.3. The molecule has 0 saturated carbocycles. The number of para-hydroxylation sites is 3. The second-order valence-electron chi connectivity index (χ2n) is 10.9. The second-order valence-corrected chi connectivity index (χ2v) is 11.9. The average molecular weight is 568 g/mol. The molecule has 0 atom stereocenters. The van der Waals surface area contributed by atoms with Crippen molar-refractivity contribution in [1.82, 2.24) is 0 Å². The molecular formula is C40H25NOS. The first kappa shape index (κ1) is 24.2. The van der Waals surface area contributed by atoms with Crippen LogP contribution in [0.15, 0.2) is 156 Å². The van der Waals surface area contributed by atoms with E-state index in [-0.39, 0.29) is 0 Å². The Morgan fingerprint density at radius 1 is 0.419 bits per heavy atom. The molecule has 0 unspecified atom stereocenters. The maximum atomic E-state index is 6.55. The van der Waals surface area contributed by atoms with Crippen molar-refractivity contribution >= 4 is 81.3 Å². The van der Waals surface area contributed by atoms with Crippen molar-refractivity contribution in [3.63, 3.8) is 0 Å². The summed E-state index contributed by atoms with van der Waals surface area (Å²) in [4.78, 5) is 2.46. The van der Waals surface area contributed by atoms with E-state index in [1.165, 1.54) is 36.6 Å². The van der Waals surface area contributed by atoms with Gasteiger partial charge in [0.05, 0.1) is 21.8 Å². The van der Waals surface area contributed by atoms with Crippen molar-refractivity contribution in [3.8, 4) is 11.1 Å². The minimum absolute atomic E-state index is 0.906. The van der Waals surface area contributed by atoms with Gasteiger partial charge in [-0.25, -0.2) is 0 Å². The lowest BCUT2D eigenvalue weighted by Gasteiger charge is -2.29. The summed E-state index contributed by atoms with van der Waals surface area (Å²) in [5.41, 5.74) is 7.44. The topological polar surface area (TPSA) is 16.4 Å². The molecule has 0 aliphatic heterocycles. The van der Waals surface area contributed by atoms with E-state index in [1.807, 2.05) is 17.4 Å². The summed E-state index contributed by atoms with van der Waals surface area (Å²) in [6, 6.07) is 54.2. The van der Waals surface area contributed by atoms with E-state index in [0.29, 0.717) is 0 Å². The van der Waals surface area contributed by atoms with Crippen molar-refractivity contribution in [3.05, 3.63) is 152 Å². The van der Waals surface area contributed by atoms with Crippen molar-refractivity contribution in [1.29, 1.82) is 0 Å². The van der Waals surface area contributed by atoms with Crippen molar-refractivity contribution in [2.75, 3.05) is 4.90 Å². The Hall–Kier alpha value is -5.38. The lowest BCUT2D eigenvalue weighted by Crippen LogP contribution is -2.12. The number of thiophene rings is 1. The maximum Gasteiger partial charge on any atom is 0.143 e. The largest absolute Gasteiger partial charge is 0.455 e. The molecule has 7 aromatic carbocycles. The predicted octanol–water partition coefficient (Wildman–Crippen LogP) is 12.2. The fourth-order valence-electron chi connectivity index (χ4n) is 6.56. The van der Waals surface area contributed by atoms with Gasteiger partial charge in [-0.3, -0.25) is 0 Å². The number of benzene rings is 7. The number of nitrogens with zero attached hydrogens (tertiary/aromatic N) is 1. The smallest absolute Gasteiger partial charge is 0.143 e. The zero-order chi connectivity index (χ0) is 28.3. The van der Waals surface area contributed by atoms with Gasteiger partial charge in [-0.1, -0.05) is 121 Å². The van der Waals surface area contributed by atoms with Gasteiger partial charge < -0.3 is 9.32 Å². The molecule has 0 bridgehead atoms. The molecule has 0 aliphatic rings. The Kier molecular flexibility index (Phi) is 5.40. The van der Waals surface area contributed by atoms with Gasteiger partial charge in [0.25, 0.3) is 0 Å². The lowest BCUT2D eigenvalue weighted by molar-refractivity contribution is 0.670. The van der Waals surface area contributed by atoms with Crippen LogP contribution in [0.3, 0.4) is 0 Å². The third-order valence-corrected chi connectivity index (χ3v) is 9.68. The average Bonchev–Trinajstić information content (AvgIpc) is 3.64. The van der Waals surface area contributed by atoms with Crippen molar-refractivity contribution < 1.29 is 4.42 Å². The van der Waals surface area contributed by atoms with Gasteiger partial charge in [0.1, 0.15) is 11.2 Å². The highest BCUT2D eigenvalue weighted by Crippen LogP contribution is 2.49. The van der Waals surface area contributed by atoms with E-state index >= 15 is 0 Å². The van der Waals surface area contributed by atoms with Crippen LogP contribution >= 0.6 is 11.3 Å². The van der Waals surface area contributed by atoms with Crippen LogP contribution in [0.4, 0.5) is 17.1 Å². The van der Waals surface area contributed by atoms with Crippen LogP contribution in [0.2, 0.25) is 0 Å². The Morgan fingerprint density at radius 2 is 1.02 bits per heavy atom. The molecule has 43 heavy (non-hydrogen) atoms. The fourth-order valence-corrected chi connectivity index (χ4v) is 7.76. The van der Waals surface area contributed by atoms with E-state index in [0.717, 1.165) is 44.4 Å². The van der Waals surface area contributed by atoms with Crippen molar-refractivity contribution in [2.45, 2.75) is 0 Å². The van der Waals surface area contributed by atoms with Crippen LogP contribution in [-0.4, -0.2) is 0 Å². The third kappa shape index (κ3) is 3.72. The summed E-state index contributed by atoms with van der Waals surface area (Å²) in [6.07, 6.45) is 0. The Labute approximate surface area is 252 Å². The van der Waals surface area contributed by atoms with Gasteiger partial charge in [0.15, 0.2) is 0 Å². The fraction of sp³-hybridized carbons (Fsp3) is 0. The molecule has 2 heterocycles. The van der Waals surface area contributed by atoms with Crippen LogP contribution < -0.4 is 4.90 Å². The summed E-state index contributed by atoms with van der Waals surface area (Å²) < 4.78 is 9.11. The standard InChI is InChI=1S/C40H25NOS/c1-2-14-27-26(12-1)13-9-22-34(27)41(36-23-11-20-33-30-17-5-8-25-38(30)43-40(33)36)35-21-6-3-15-28(35)31-18-10-19-32-29-16-4-7-24-37(29)42-39(31)32/h1-25H. The molecule has 0 amide bonds. The molecule has 0 aliphatic carbocycles. The second kappa shape index (κ2) is 9.59. The monoisotopic (exact) mass is 567 g/mol. The molecule has 0 radical (unpaired) electrons. The molecule has 9 rings (SSSR count). The molecule has 0 saturated heterocycles. The van der Waals surface area contributed by atoms with E-state index < -0.39 is 0 Å². The molecule has 3 heteroatoms. The molecular weight excluding hydrogens is 543 g/mol. The van der Waals surface area contributed by atoms with Crippen LogP contribution in [0.5, 0.6) is 0 Å².